The zero-order chi connectivity index (χ0) is 20.7. The molecule has 156 valence electrons. The molecule has 0 bridgehead atoms. The highest BCUT2D eigenvalue weighted by Gasteiger charge is 2.40. The van der Waals surface area contributed by atoms with Crippen LogP contribution in [0, 0.1) is 12.7 Å². The van der Waals surface area contributed by atoms with Crippen molar-refractivity contribution in [1.29, 1.82) is 0 Å². The molecule has 1 unspecified atom stereocenters. The van der Waals surface area contributed by atoms with E-state index in [0.717, 1.165) is 55.9 Å². The molecule has 0 aromatic heterocycles. The summed E-state index contributed by atoms with van der Waals surface area (Å²) in [5.74, 6) is -1.27. The fourth-order valence-corrected chi connectivity index (χ4v) is 4.48. The van der Waals surface area contributed by atoms with E-state index in [9.17, 15) is 14.0 Å². The molecule has 1 amide bonds. The van der Waals surface area contributed by atoms with E-state index in [0.29, 0.717) is 11.3 Å². The third-order valence-electron chi connectivity index (χ3n) is 6.07. The highest BCUT2D eigenvalue weighted by Crippen LogP contribution is 2.28. The molecule has 6 heteroatoms. The number of aryl methyl sites for hydroxylation is 1. The summed E-state index contributed by atoms with van der Waals surface area (Å²) < 4.78 is 19.4. The van der Waals surface area contributed by atoms with Crippen molar-refractivity contribution in [1.82, 2.24) is 0 Å². The van der Waals surface area contributed by atoms with E-state index in [1.54, 1.807) is 6.92 Å². The predicted octanol–water partition coefficient (Wildman–Crippen LogP) is 4.44. The zero-order valence-corrected chi connectivity index (χ0v) is 17.6. The van der Waals surface area contributed by atoms with Gasteiger partial charge >= 0.3 is 5.97 Å². The molecule has 1 atom stereocenters. The number of nitrogens with zero attached hydrogens (tertiary/aromatic N) is 1. The van der Waals surface area contributed by atoms with Gasteiger partial charge in [-0.15, -0.1) is 0 Å². The molecule has 1 aromatic carbocycles. The Morgan fingerprint density at radius 3 is 2.36 bits per heavy atom. The minimum Gasteiger partial charge on any atom is -0.465 e. The van der Waals surface area contributed by atoms with Crippen LogP contribution in [0.2, 0.25) is 0 Å². The largest absolute Gasteiger partial charge is 0.465 e. The topological polar surface area (TPSA) is 55.4 Å². The Morgan fingerprint density at radius 2 is 1.82 bits per heavy atom. The van der Waals surface area contributed by atoms with Crippen LogP contribution in [0.3, 0.4) is 0 Å². The van der Waals surface area contributed by atoms with Crippen molar-refractivity contribution in [3.63, 3.8) is 0 Å². The number of hydrogen-bond acceptors (Lipinski definition) is 3. The fraction of sp³-hybridized carbons (Fsp3) is 0.636. The van der Waals surface area contributed by atoms with Gasteiger partial charge in [0, 0.05) is 6.42 Å². The van der Waals surface area contributed by atoms with Crippen LogP contribution in [0.4, 0.5) is 10.1 Å². The maximum atomic E-state index is 13.8. The summed E-state index contributed by atoms with van der Waals surface area (Å²) in [4.78, 5) is 25.5. The van der Waals surface area contributed by atoms with Gasteiger partial charge < -0.3 is 14.5 Å². The Bertz CT molecular complexity index is 697. The van der Waals surface area contributed by atoms with E-state index in [-0.39, 0.29) is 17.5 Å². The molecule has 0 radical (unpaired) electrons. The Labute approximate surface area is 167 Å². The average Bonchev–Trinajstić information content (AvgIpc) is 2.93. The first-order valence-electron chi connectivity index (χ1n) is 10.4. The van der Waals surface area contributed by atoms with Crippen LogP contribution in [0.15, 0.2) is 12.1 Å². The molecule has 5 nitrogen and oxygen atoms in total. The number of likely N-dealkylation sites (N-methyl/N-ethyl adjacent to an activating group) is 1. The van der Waals surface area contributed by atoms with E-state index in [1.807, 2.05) is 0 Å². The second kappa shape index (κ2) is 10.0. The third-order valence-corrected chi connectivity index (χ3v) is 6.07. The molecule has 1 aliphatic rings. The minimum absolute atomic E-state index is 0.0579. The lowest BCUT2D eigenvalue weighted by molar-refractivity contribution is -0.940. The lowest BCUT2D eigenvalue weighted by Crippen LogP contribution is -2.60. The molecule has 1 N–H and O–H groups in total. The summed E-state index contributed by atoms with van der Waals surface area (Å²) in [5.41, 5.74) is 0.925. The highest BCUT2D eigenvalue weighted by molar-refractivity contribution is 6.03. The van der Waals surface area contributed by atoms with Crippen molar-refractivity contribution in [3.8, 4) is 0 Å². The van der Waals surface area contributed by atoms with Crippen LogP contribution in [0.1, 0.15) is 68.3 Å². The molecule has 28 heavy (non-hydrogen) atoms. The number of benzene rings is 1. The molecule has 1 fully saturated rings. The van der Waals surface area contributed by atoms with Crippen LogP contribution >= 0.6 is 0 Å². The smallest absolute Gasteiger partial charge is 0.340 e. The average molecular weight is 394 g/mol. The van der Waals surface area contributed by atoms with Gasteiger partial charge in [0.15, 0.2) is 6.04 Å². The van der Waals surface area contributed by atoms with E-state index in [4.69, 9.17) is 4.74 Å². The molecule has 2 rings (SSSR count). The van der Waals surface area contributed by atoms with Crippen LogP contribution in [0.5, 0.6) is 0 Å². The summed E-state index contributed by atoms with van der Waals surface area (Å²) >= 11 is 0. The highest BCUT2D eigenvalue weighted by atomic mass is 19.1. The Balaban J connectivity index is 2.38. The van der Waals surface area contributed by atoms with Gasteiger partial charge in [-0.05, 0) is 63.6 Å². The van der Waals surface area contributed by atoms with Gasteiger partial charge in [0.2, 0.25) is 0 Å². The summed E-state index contributed by atoms with van der Waals surface area (Å²) in [6.45, 7) is 8.85. The van der Waals surface area contributed by atoms with Gasteiger partial charge in [-0.3, -0.25) is 4.79 Å². The van der Waals surface area contributed by atoms with Crippen molar-refractivity contribution < 1.29 is 23.2 Å². The minimum atomic E-state index is -0.654. The second-order valence-electron chi connectivity index (χ2n) is 7.83. The van der Waals surface area contributed by atoms with Crippen LogP contribution in [-0.2, 0) is 9.53 Å². The number of rotatable bonds is 7. The van der Waals surface area contributed by atoms with E-state index in [1.165, 1.54) is 26.0 Å². The fourth-order valence-electron chi connectivity index (χ4n) is 4.48. The number of carbonyl (C=O) groups is 2. The van der Waals surface area contributed by atoms with Crippen LogP contribution < -0.4 is 5.32 Å². The van der Waals surface area contributed by atoms with Gasteiger partial charge in [-0.1, -0.05) is 6.92 Å². The first-order valence-corrected chi connectivity index (χ1v) is 10.4. The Kier molecular flexibility index (Phi) is 7.98. The summed E-state index contributed by atoms with van der Waals surface area (Å²) in [6.07, 6.45) is 6.38. The quantitative estimate of drug-likeness (QED) is 0.550. The number of halogens is 1. The number of esters is 1. The predicted molar refractivity (Wildman–Crippen MR) is 109 cm³/mol. The molecular weight excluding hydrogens is 359 g/mol. The number of methoxy groups -OCH3 is 1. The SMILES string of the molecule is CCCC(C(=O)Nc1c(C)cc(F)cc1C(=O)OC)[N+]1(CC)CCCCCC1. The van der Waals surface area contributed by atoms with Gasteiger partial charge in [-0.25, -0.2) is 9.18 Å². The standard InChI is InChI=1S/C22H33FN2O3/c1-5-11-19(25(6-2)12-9-7-8-10-13-25)21(26)24-20-16(3)14-17(23)15-18(20)22(27)28-4/h14-15,19H,5-13H2,1-4H3/p+1. The van der Waals surface area contributed by atoms with Crippen molar-refractivity contribution in [2.24, 2.45) is 0 Å². The molecule has 0 aliphatic carbocycles. The maximum absolute atomic E-state index is 13.8. The van der Waals surface area contributed by atoms with Crippen molar-refractivity contribution in [3.05, 3.63) is 29.1 Å². The lowest BCUT2D eigenvalue weighted by atomic mass is 10.0. The molecular formula is C22H34FN2O3+. The molecule has 1 aromatic rings. The number of hydrogen-bond donors (Lipinski definition) is 1. The van der Waals surface area contributed by atoms with Crippen molar-refractivity contribution >= 4 is 17.6 Å². The molecule has 1 heterocycles. The van der Waals surface area contributed by atoms with E-state index in [2.05, 4.69) is 19.2 Å². The van der Waals surface area contributed by atoms with Crippen LogP contribution in [0.25, 0.3) is 0 Å². The summed E-state index contributed by atoms with van der Waals surface area (Å²) in [6, 6.07) is 2.27. The summed E-state index contributed by atoms with van der Waals surface area (Å²) in [7, 11) is 1.25. The third kappa shape index (κ3) is 4.90. The van der Waals surface area contributed by atoms with Crippen molar-refractivity contribution in [2.45, 2.75) is 65.3 Å². The number of anilines is 1. The Morgan fingerprint density at radius 1 is 1.18 bits per heavy atom. The lowest BCUT2D eigenvalue weighted by Gasteiger charge is -2.43. The van der Waals surface area contributed by atoms with Gasteiger partial charge in [0.25, 0.3) is 5.91 Å². The molecule has 0 saturated carbocycles. The Hall–Kier alpha value is -1.95. The molecule has 1 aliphatic heterocycles. The zero-order valence-electron chi connectivity index (χ0n) is 17.6. The number of carbonyl (C=O) groups excluding carboxylic acids is 2. The normalized spacial score (nSPS) is 17.5. The number of likely N-dealkylation sites (tertiary alicyclic amines) is 1. The molecule has 1 saturated heterocycles. The number of nitrogens with one attached hydrogen (secondary N) is 1. The first-order chi connectivity index (χ1) is 13.4. The number of quaternary nitrogens is 1. The van der Waals surface area contributed by atoms with Gasteiger partial charge in [0.1, 0.15) is 5.82 Å². The van der Waals surface area contributed by atoms with Crippen molar-refractivity contribution in [2.75, 3.05) is 32.1 Å². The summed E-state index contributed by atoms with van der Waals surface area (Å²) in [5, 5.41) is 2.96. The number of amides is 1. The maximum Gasteiger partial charge on any atom is 0.340 e. The van der Waals surface area contributed by atoms with Gasteiger partial charge in [0.05, 0.1) is 38.0 Å². The van der Waals surface area contributed by atoms with Crippen LogP contribution in [-0.4, -0.2) is 49.1 Å². The monoisotopic (exact) mass is 393 g/mol. The molecule has 0 spiro atoms. The van der Waals surface area contributed by atoms with E-state index >= 15 is 0 Å². The van der Waals surface area contributed by atoms with Gasteiger partial charge in [-0.2, -0.15) is 0 Å². The first kappa shape index (κ1) is 22.3. The second-order valence-corrected chi connectivity index (χ2v) is 7.83. The number of ether oxygens (including phenoxy) is 1. The van der Waals surface area contributed by atoms with E-state index < -0.39 is 11.8 Å².